The summed E-state index contributed by atoms with van der Waals surface area (Å²) in [5.41, 5.74) is 3.03. The molecule has 0 fully saturated rings. The van der Waals surface area contributed by atoms with Crippen LogP contribution in [-0.2, 0) is 6.54 Å². The highest BCUT2D eigenvalue weighted by atomic mass is 19.1. The summed E-state index contributed by atoms with van der Waals surface area (Å²) >= 11 is 0. The number of anilines is 3. The quantitative estimate of drug-likeness (QED) is 0.125. The van der Waals surface area contributed by atoms with Crippen molar-refractivity contribution in [1.82, 2.24) is 19.5 Å². The molecule has 5 rings (SSSR count). The minimum absolute atomic E-state index is 0.000455. The third kappa shape index (κ3) is 8.14. The van der Waals surface area contributed by atoms with E-state index in [1.165, 1.54) is 12.3 Å². The second-order valence-corrected chi connectivity index (χ2v) is 10.2. The molecule has 1 amide bonds. The van der Waals surface area contributed by atoms with Crippen molar-refractivity contribution in [2.24, 2.45) is 0 Å². The van der Waals surface area contributed by atoms with E-state index in [1.54, 1.807) is 42.9 Å². The van der Waals surface area contributed by atoms with E-state index in [2.05, 4.69) is 25.6 Å². The number of para-hydroxylation sites is 3. The Kier molecular flexibility index (Phi) is 10.2. The molecule has 232 valence electrons. The first-order valence-corrected chi connectivity index (χ1v) is 14.7. The lowest BCUT2D eigenvalue weighted by Gasteiger charge is -2.16. The number of nitrogens with zero attached hydrogens (tertiary/aromatic N) is 4. The zero-order valence-electron chi connectivity index (χ0n) is 25.4. The number of nitrogens with one attached hydrogen (secondary N) is 2. The first-order valence-electron chi connectivity index (χ1n) is 14.7. The van der Waals surface area contributed by atoms with E-state index in [4.69, 9.17) is 14.2 Å². The molecule has 5 aromatic rings. The average Bonchev–Trinajstić information content (AvgIpc) is 3.55. The molecule has 0 saturated heterocycles. The number of aryl methyl sites for hydroxylation is 3. The highest BCUT2D eigenvalue weighted by molar-refractivity contribution is 6.06. The molecule has 0 spiro atoms. The zero-order valence-corrected chi connectivity index (χ0v) is 25.4. The van der Waals surface area contributed by atoms with Crippen LogP contribution >= 0.6 is 0 Å². The number of aromatic nitrogens is 4. The third-order valence-corrected chi connectivity index (χ3v) is 6.89. The number of carbonyl (C=O) groups is 1. The Bertz CT molecular complexity index is 1730. The summed E-state index contributed by atoms with van der Waals surface area (Å²) in [6, 6.07) is 17.4. The van der Waals surface area contributed by atoms with Crippen molar-refractivity contribution >= 4 is 23.2 Å². The van der Waals surface area contributed by atoms with Crippen molar-refractivity contribution in [3.05, 3.63) is 108 Å². The van der Waals surface area contributed by atoms with Gasteiger partial charge in [-0.25, -0.2) is 14.4 Å². The fourth-order valence-corrected chi connectivity index (χ4v) is 4.59. The number of rotatable bonds is 14. The van der Waals surface area contributed by atoms with Gasteiger partial charge >= 0.3 is 0 Å². The van der Waals surface area contributed by atoms with Crippen LogP contribution in [0, 0.1) is 19.7 Å². The molecule has 2 N–H and O–H groups in total. The average molecular weight is 611 g/mol. The summed E-state index contributed by atoms with van der Waals surface area (Å²) < 4.78 is 34.4. The number of imidazole rings is 1. The van der Waals surface area contributed by atoms with E-state index in [0.29, 0.717) is 36.1 Å². The topological polar surface area (TPSA) is 112 Å². The molecule has 0 aliphatic rings. The first-order chi connectivity index (χ1) is 21.9. The van der Waals surface area contributed by atoms with Gasteiger partial charge in [-0.15, -0.1) is 0 Å². The second-order valence-electron chi connectivity index (χ2n) is 10.2. The predicted octanol–water partition coefficient (Wildman–Crippen LogP) is 7.48. The van der Waals surface area contributed by atoms with E-state index in [-0.39, 0.29) is 23.1 Å². The van der Waals surface area contributed by atoms with E-state index in [0.717, 1.165) is 30.5 Å². The molecule has 11 heteroatoms. The predicted molar refractivity (Wildman–Crippen MR) is 170 cm³/mol. The van der Waals surface area contributed by atoms with Crippen molar-refractivity contribution in [2.45, 2.75) is 40.2 Å². The van der Waals surface area contributed by atoms with Gasteiger partial charge in [0.1, 0.15) is 5.56 Å². The second kappa shape index (κ2) is 14.8. The number of amides is 1. The number of carbonyl (C=O) groups excluding carboxylic acids is 1. The van der Waals surface area contributed by atoms with Crippen molar-refractivity contribution in [3.8, 4) is 23.1 Å². The number of ether oxygens (including phenoxy) is 3. The molecule has 0 aliphatic carbocycles. The molecule has 0 bridgehead atoms. The van der Waals surface area contributed by atoms with Crippen LogP contribution < -0.4 is 24.8 Å². The molecule has 0 aliphatic heterocycles. The minimum atomic E-state index is -0.527. The van der Waals surface area contributed by atoms with E-state index < -0.39 is 11.7 Å². The van der Waals surface area contributed by atoms with E-state index >= 15 is 0 Å². The van der Waals surface area contributed by atoms with Gasteiger partial charge in [-0.3, -0.25) is 4.79 Å². The lowest BCUT2D eigenvalue weighted by molar-refractivity contribution is 0.102. The number of hydrogen-bond acceptors (Lipinski definition) is 8. The Balaban J connectivity index is 1.33. The fourth-order valence-electron chi connectivity index (χ4n) is 4.59. The van der Waals surface area contributed by atoms with Gasteiger partial charge in [-0.2, -0.15) is 4.98 Å². The monoisotopic (exact) mass is 610 g/mol. The molecule has 2 aromatic heterocycles. The molecule has 0 atom stereocenters. The summed E-state index contributed by atoms with van der Waals surface area (Å²) in [5, 5.41) is 5.95. The molecular formula is C34H35FN6O4. The highest BCUT2D eigenvalue weighted by Gasteiger charge is 2.20. The van der Waals surface area contributed by atoms with Gasteiger partial charge in [0.2, 0.25) is 11.8 Å². The Morgan fingerprint density at radius 3 is 2.49 bits per heavy atom. The largest absolute Gasteiger partial charge is 0.491 e. The van der Waals surface area contributed by atoms with Crippen LogP contribution in [0.3, 0.4) is 0 Å². The summed E-state index contributed by atoms with van der Waals surface area (Å²) in [4.78, 5) is 26.3. The molecule has 0 saturated carbocycles. The van der Waals surface area contributed by atoms with E-state index in [9.17, 15) is 9.18 Å². The van der Waals surface area contributed by atoms with Gasteiger partial charge in [0.05, 0.1) is 19.5 Å². The zero-order chi connectivity index (χ0) is 31.6. The third-order valence-electron chi connectivity index (χ3n) is 6.89. The maximum atomic E-state index is 14.9. The summed E-state index contributed by atoms with van der Waals surface area (Å²) in [6.45, 7) is 7.33. The Morgan fingerprint density at radius 2 is 1.76 bits per heavy atom. The van der Waals surface area contributed by atoms with Crippen LogP contribution in [0.5, 0.6) is 23.1 Å². The maximum Gasteiger partial charge on any atom is 0.262 e. The van der Waals surface area contributed by atoms with E-state index in [1.807, 2.05) is 55.8 Å². The number of halogens is 1. The molecule has 3 aromatic carbocycles. The Hall–Kier alpha value is -5.45. The van der Waals surface area contributed by atoms with Gasteiger partial charge in [0.15, 0.2) is 23.1 Å². The molecule has 45 heavy (non-hydrogen) atoms. The Labute approximate surface area is 261 Å². The van der Waals surface area contributed by atoms with Crippen molar-refractivity contribution in [3.63, 3.8) is 0 Å². The van der Waals surface area contributed by atoms with Gasteiger partial charge in [0.25, 0.3) is 5.91 Å². The minimum Gasteiger partial charge on any atom is -0.491 e. The molecular weight excluding hydrogens is 575 g/mol. The first kappa shape index (κ1) is 31.0. The van der Waals surface area contributed by atoms with Crippen molar-refractivity contribution in [2.75, 3.05) is 23.8 Å². The van der Waals surface area contributed by atoms with Gasteiger partial charge in [0, 0.05) is 42.6 Å². The number of hydrogen-bond donors (Lipinski definition) is 2. The van der Waals surface area contributed by atoms with Crippen LogP contribution in [-0.4, -0.2) is 38.6 Å². The number of benzene rings is 3. The SMILES string of the molecule is CCOc1ccccc1Oc1nc(Nc2ccc(OCCCCn3ccnc3)c(F)c2)ncc1C(=O)Nc1c(C)cccc1C. The Morgan fingerprint density at radius 1 is 0.956 bits per heavy atom. The lowest BCUT2D eigenvalue weighted by Crippen LogP contribution is -2.16. The summed E-state index contributed by atoms with van der Waals surface area (Å²) in [7, 11) is 0. The maximum absolute atomic E-state index is 14.9. The number of unbranched alkanes of at least 4 members (excludes halogenated alkanes) is 1. The van der Waals surface area contributed by atoms with Crippen molar-refractivity contribution < 1.29 is 23.4 Å². The molecule has 0 unspecified atom stereocenters. The van der Waals surface area contributed by atoms with Crippen molar-refractivity contribution in [1.29, 1.82) is 0 Å². The van der Waals surface area contributed by atoms with Crippen LogP contribution in [0.1, 0.15) is 41.3 Å². The molecule has 0 radical (unpaired) electrons. The van der Waals surface area contributed by atoms with Gasteiger partial charge < -0.3 is 29.4 Å². The van der Waals surface area contributed by atoms with Crippen LogP contribution in [0.2, 0.25) is 0 Å². The smallest absolute Gasteiger partial charge is 0.262 e. The van der Waals surface area contributed by atoms with Crippen LogP contribution in [0.25, 0.3) is 0 Å². The van der Waals surface area contributed by atoms with Crippen LogP contribution in [0.4, 0.5) is 21.7 Å². The summed E-state index contributed by atoms with van der Waals surface area (Å²) in [5.74, 6) is 0.159. The standard InChI is InChI=1S/C34H35FN6O4/c1-4-43-29-12-5-6-13-30(29)45-33-26(32(42)39-31-23(2)10-9-11-24(31)3)21-37-34(40-33)38-25-14-15-28(27(35)20-25)44-19-8-7-17-41-18-16-36-22-41/h5-6,9-16,18,20-22H,4,7-8,17,19H2,1-3H3,(H,39,42)(H,37,38,40). The fraction of sp³-hybridized carbons (Fsp3) is 0.235. The van der Waals surface area contributed by atoms with Gasteiger partial charge in [-0.1, -0.05) is 30.3 Å². The summed E-state index contributed by atoms with van der Waals surface area (Å²) in [6.07, 6.45) is 8.42. The van der Waals surface area contributed by atoms with Gasteiger partial charge in [-0.05, 0) is 69.0 Å². The highest BCUT2D eigenvalue weighted by Crippen LogP contribution is 2.33. The normalized spacial score (nSPS) is 10.8. The lowest BCUT2D eigenvalue weighted by atomic mass is 10.1. The molecule has 10 nitrogen and oxygen atoms in total. The molecule has 2 heterocycles. The van der Waals surface area contributed by atoms with Crippen LogP contribution in [0.15, 0.2) is 85.6 Å².